The van der Waals surface area contributed by atoms with Crippen LogP contribution in [0.25, 0.3) is 0 Å². The molecule has 29 heavy (non-hydrogen) atoms. The van der Waals surface area contributed by atoms with E-state index in [1.165, 1.54) is 0 Å². The monoisotopic (exact) mass is 398 g/mol. The van der Waals surface area contributed by atoms with E-state index < -0.39 is 11.5 Å². The molecule has 0 heterocycles. The van der Waals surface area contributed by atoms with Crippen LogP contribution in [0, 0.1) is 0 Å². The third-order valence-electron chi connectivity index (χ3n) is 4.09. The van der Waals surface area contributed by atoms with E-state index in [4.69, 9.17) is 9.47 Å². The first-order valence-electron chi connectivity index (χ1n) is 9.69. The Balaban J connectivity index is 1.89. The molecule has 0 aliphatic heterocycles. The minimum absolute atomic E-state index is 0.0676. The van der Waals surface area contributed by atoms with E-state index >= 15 is 0 Å². The second-order valence-corrected chi connectivity index (χ2v) is 7.77. The van der Waals surface area contributed by atoms with Crippen molar-refractivity contribution in [2.24, 2.45) is 0 Å². The SMILES string of the molecule is CNC[C@H](C(=O)OC(C)(C)C)c1ccc(NCC(=O)OCc2ccccc2)cc1. The molecule has 2 N–H and O–H groups in total. The Hall–Kier alpha value is -2.86. The molecule has 156 valence electrons. The second kappa shape index (κ2) is 10.6. The Morgan fingerprint density at radius 2 is 1.66 bits per heavy atom. The molecule has 0 aliphatic carbocycles. The number of rotatable bonds is 9. The second-order valence-electron chi connectivity index (χ2n) is 7.77. The highest BCUT2D eigenvalue weighted by molar-refractivity contribution is 5.79. The van der Waals surface area contributed by atoms with Gasteiger partial charge in [-0.1, -0.05) is 42.5 Å². The highest BCUT2D eigenvalue weighted by Gasteiger charge is 2.26. The first-order valence-corrected chi connectivity index (χ1v) is 9.69. The molecule has 1 atom stereocenters. The summed E-state index contributed by atoms with van der Waals surface area (Å²) in [6.45, 7) is 6.36. The maximum absolute atomic E-state index is 12.5. The molecule has 0 aromatic heterocycles. The molecule has 0 fully saturated rings. The Labute approximate surface area is 172 Å². The van der Waals surface area contributed by atoms with Crippen LogP contribution in [-0.2, 0) is 25.7 Å². The Kier molecular flexibility index (Phi) is 8.21. The quantitative estimate of drug-likeness (QED) is 0.630. The van der Waals surface area contributed by atoms with Crippen molar-refractivity contribution in [3.8, 4) is 0 Å². The molecular weight excluding hydrogens is 368 g/mol. The minimum atomic E-state index is -0.537. The van der Waals surface area contributed by atoms with E-state index in [0.717, 1.165) is 16.8 Å². The minimum Gasteiger partial charge on any atom is -0.460 e. The van der Waals surface area contributed by atoms with Crippen LogP contribution in [0.1, 0.15) is 37.8 Å². The summed E-state index contributed by atoms with van der Waals surface area (Å²) in [5, 5.41) is 6.08. The summed E-state index contributed by atoms with van der Waals surface area (Å²) >= 11 is 0. The van der Waals surface area contributed by atoms with Gasteiger partial charge in [-0.2, -0.15) is 0 Å². The van der Waals surface area contributed by atoms with Crippen LogP contribution < -0.4 is 10.6 Å². The summed E-state index contributed by atoms with van der Waals surface area (Å²) in [5.41, 5.74) is 2.04. The molecule has 0 bridgehead atoms. The number of hydrogen-bond donors (Lipinski definition) is 2. The highest BCUT2D eigenvalue weighted by atomic mass is 16.6. The zero-order valence-electron chi connectivity index (χ0n) is 17.5. The summed E-state index contributed by atoms with van der Waals surface area (Å²) in [6.07, 6.45) is 0. The third-order valence-corrected chi connectivity index (χ3v) is 4.09. The summed E-state index contributed by atoms with van der Waals surface area (Å²) in [6, 6.07) is 17.0. The van der Waals surface area contributed by atoms with Gasteiger partial charge in [0.25, 0.3) is 0 Å². The number of likely N-dealkylation sites (N-methyl/N-ethyl adjacent to an activating group) is 1. The van der Waals surface area contributed by atoms with Gasteiger partial charge in [-0.05, 0) is 51.1 Å². The van der Waals surface area contributed by atoms with Crippen LogP contribution in [0.4, 0.5) is 5.69 Å². The summed E-state index contributed by atoms with van der Waals surface area (Å²) in [4.78, 5) is 24.4. The zero-order chi connectivity index (χ0) is 21.3. The van der Waals surface area contributed by atoms with Gasteiger partial charge in [-0.15, -0.1) is 0 Å². The van der Waals surface area contributed by atoms with Gasteiger partial charge in [0.1, 0.15) is 18.8 Å². The number of esters is 2. The van der Waals surface area contributed by atoms with Crippen molar-refractivity contribution in [2.45, 2.75) is 38.9 Å². The van der Waals surface area contributed by atoms with Crippen molar-refractivity contribution < 1.29 is 19.1 Å². The summed E-state index contributed by atoms with van der Waals surface area (Å²) < 4.78 is 10.8. The average Bonchev–Trinajstić information content (AvgIpc) is 2.69. The normalized spacial score (nSPS) is 12.1. The first-order chi connectivity index (χ1) is 13.8. The lowest BCUT2D eigenvalue weighted by Crippen LogP contribution is -2.32. The van der Waals surface area contributed by atoms with Gasteiger partial charge in [0.05, 0.1) is 5.92 Å². The van der Waals surface area contributed by atoms with Crippen molar-refractivity contribution in [3.05, 3.63) is 65.7 Å². The van der Waals surface area contributed by atoms with E-state index in [2.05, 4.69) is 10.6 Å². The van der Waals surface area contributed by atoms with E-state index in [1.54, 1.807) is 7.05 Å². The van der Waals surface area contributed by atoms with Gasteiger partial charge in [0.15, 0.2) is 0 Å². The third kappa shape index (κ3) is 7.95. The predicted molar refractivity (Wildman–Crippen MR) is 114 cm³/mol. The van der Waals surface area contributed by atoms with Crippen molar-refractivity contribution >= 4 is 17.6 Å². The van der Waals surface area contributed by atoms with Gasteiger partial charge in [-0.25, -0.2) is 0 Å². The van der Waals surface area contributed by atoms with Crippen LogP contribution in [0.2, 0.25) is 0 Å². The number of carbonyl (C=O) groups is 2. The number of anilines is 1. The van der Waals surface area contributed by atoms with Gasteiger partial charge in [0.2, 0.25) is 0 Å². The van der Waals surface area contributed by atoms with Crippen LogP contribution in [-0.4, -0.2) is 37.7 Å². The van der Waals surface area contributed by atoms with Gasteiger partial charge >= 0.3 is 11.9 Å². The molecule has 0 aliphatic rings. The maximum atomic E-state index is 12.5. The number of nitrogens with one attached hydrogen (secondary N) is 2. The van der Waals surface area contributed by atoms with Gasteiger partial charge in [-0.3, -0.25) is 9.59 Å². The predicted octanol–water partition coefficient (Wildman–Crippen LogP) is 3.49. The van der Waals surface area contributed by atoms with Crippen molar-refractivity contribution in [2.75, 3.05) is 25.5 Å². The Morgan fingerprint density at radius 3 is 2.24 bits per heavy atom. The molecule has 0 saturated heterocycles. The van der Waals surface area contributed by atoms with Crippen LogP contribution in [0.5, 0.6) is 0 Å². The number of hydrogen-bond acceptors (Lipinski definition) is 6. The summed E-state index contributed by atoms with van der Waals surface area (Å²) in [7, 11) is 1.80. The number of carbonyl (C=O) groups excluding carboxylic acids is 2. The number of ether oxygens (including phenoxy) is 2. The molecule has 0 radical (unpaired) electrons. The lowest BCUT2D eigenvalue weighted by molar-refractivity contribution is -0.156. The van der Waals surface area contributed by atoms with Crippen molar-refractivity contribution in [1.29, 1.82) is 0 Å². The molecular formula is C23H30N2O4. The van der Waals surface area contributed by atoms with Gasteiger partial charge < -0.3 is 20.1 Å². The topological polar surface area (TPSA) is 76.7 Å². The lowest BCUT2D eigenvalue weighted by atomic mass is 9.98. The van der Waals surface area contributed by atoms with E-state index in [9.17, 15) is 9.59 Å². The standard InChI is InChI=1S/C23H30N2O4/c1-23(2,3)29-22(27)20(14-24-4)18-10-12-19(13-11-18)25-15-21(26)28-16-17-8-6-5-7-9-17/h5-13,20,24-25H,14-16H2,1-4H3/t20-/m0/s1. The fourth-order valence-corrected chi connectivity index (χ4v) is 2.71. The smallest absolute Gasteiger partial charge is 0.325 e. The van der Waals surface area contributed by atoms with Crippen molar-refractivity contribution in [1.82, 2.24) is 5.32 Å². The highest BCUT2D eigenvalue weighted by Crippen LogP contribution is 2.22. The molecule has 0 saturated carbocycles. The molecule has 2 aromatic carbocycles. The largest absolute Gasteiger partial charge is 0.460 e. The molecule has 0 amide bonds. The summed E-state index contributed by atoms with van der Waals surface area (Å²) in [5.74, 6) is -0.999. The fourth-order valence-electron chi connectivity index (χ4n) is 2.71. The zero-order valence-corrected chi connectivity index (χ0v) is 17.5. The molecule has 2 aromatic rings. The van der Waals surface area contributed by atoms with E-state index in [1.807, 2.05) is 75.4 Å². The van der Waals surface area contributed by atoms with Crippen molar-refractivity contribution in [3.63, 3.8) is 0 Å². The Bertz CT molecular complexity index is 783. The lowest BCUT2D eigenvalue weighted by Gasteiger charge is -2.24. The van der Waals surface area contributed by atoms with Crippen LogP contribution in [0.3, 0.4) is 0 Å². The van der Waals surface area contributed by atoms with Crippen LogP contribution >= 0.6 is 0 Å². The Morgan fingerprint density at radius 1 is 1.00 bits per heavy atom. The molecule has 2 rings (SSSR count). The number of benzene rings is 2. The molecule has 0 unspecified atom stereocenters. The van der Waals surface area contributed by atoms with E-state index in [-0.39, 0.29) is 25.1 Å². The first kappa shape index (κ1) is 22.4. The maximum Gasteiger partial charge on any atom is 0.325 e. The molecule has 6 nitrogen and oxygen atoms in total. The van der Waals surface area contributed by atoms with E-state index in [0.29, 0.717) is 6.54 Å². The van der Waals surface area contributed by atoms with Crippen LogP contribution in [0.15, 0.2) is 54.6 Å². The average molecular weight is 399 g/mol. The van der Waals surface area contributed by atoms with Gasteiger partial charge in [0, 0.05) is 12.2 Å². The fraction of sp³-hybridized carbons (Fsp3) is 0.391. The molecule has 0 spiro atoms. The molecule has 6 heteroatoms.